The molecule has 0 bridgehead atoms. The molecule has 1 amide bonds. The van der Waals surface area contributed by atoms with E-state index in [0.29, 0.717) is 22.9 Å². The Morgan fingerprint density at radius 2 is 2.14 bits per heavy atom. The van der Waals surface area contributed by atoms with Crippen molar-refractivity contribution in [2.24, 2.45) is 0 Å². The molecule has 0 aromatic heterocycles. The Kier molecular flexibility index (Phi) is 7.20. The van der Waals surface area contributed by atoms with E-state index in [2.05, 4.69) is 0 Å². The van der Waals surface area contributed by atoms with Crippen LogP contribution in [0.3, 0.4) is 0 Å². The van der Waals surface area contributed by atoms with Gasteiger partial charge >= 0.3 is 5.97 Å². The first-order chi connectivity index (χ1) is 10.5. The second kappa shape index (κ2) is 8.90. The lowest BCUT2D eigenvalue weighted by atomic mass is 10.1. The zero-order valence-corrected chi connectivity index (χ0v) is 13.2. The van der Waals surface area contributed by atoms with Crippen LogP contribution in [0.4, 0.5) is 0 Å². The van der Waals surface area contributed by atoms with Crippen LogP contribution in [0.1, 0.15) is 12.0 Å². The number of nitriles is 1. The third kappa shape index (κ3) is 5.62. The second-order valence-corrected chi connectivity index (χ2v) is 4.95. The van der Waals surface area contributed by atoms with Crippen LogP contribution in [0.2, 0.25) is 5.02 Å². The van der Waals surface area contributed by atoms with Gasteiger partial charge in [0, 0.05) is 24.2 Å². The Morgan fingerprint density at radius 1 is 1.41 bits per heavy atom. The third-order valence-electron chi connectivity index (χ3n) is 2.92. The highest BCUT2D eigenvalue weighted by atomic mass is 35.5. The van der Waals surface area contributed by atoms with Crippen LogP contribution in [-0.2, 0) is 20.7 Å². The number of halogens is 1. The predicted molar refractivity (Wildman–Crippen MR) is 80.5 cm³/mol. The molecule has 1 rings (SSSR count). The molecule has 0 unspecified atom stereocenters. The summed E-state index contributed by atoms with van der Waals surface area (Å²) in [6.45, 7) is -0.0569. The van der Waals surface area contributed by atoms with E-state index in [0.717, 1.165) is 0 Å². The quantitative estimate of drug-likeness (QED) is 0.715. The lowest BCUT2D eigenvalue weighted by molar-refractivity contribution is -0.150. The average Bonchev–Trinajstić information content (AvgIpc) is 2.50. The summed E-state index contributed by atoms with van der Waals surface area (Å²) >= 11 is 5.88. The molecule has 0 saturated heterocycles. The maximum Gasteiger partial charge on any atom is 0.310 e. The summed E-state index contributed by atoms with van der Waals surface area (Å²) in [5.41, 5.74) is 0.588. The summed E-state index contributed by atoms with van der Waals surface area (Å²) in [5.74, 6) is -0.386. The first-order valence-corrected chi connectivity index (χ1v) is 6.94. The maximum absolute atomic E-state index is 11.8. The minimum Gasteiger partial charge on any atom is -0.496 e. The number of hydrogen-bond donors (Lipinski definition) is 0. The number of hydrogen-bond acceptors (Lipinski definition) is 5. The molecule has 0 N–H and O–H groups in total. The highest BCUT2D eigenvalue weighted by molar-refractivity contribution is 6.30. The van der Waals surface area contributed by atoms with Crippen LogP contribution >= 0.6 is 11.6 Å². The summed E-state index contributed by atoms with van der Waals surface area (Å²) < 4.78 is 10.1. The lowest BCUT2D eigenvalue weighted by Gasteiger charge is -2.15. The number of nitrogens with zero attached hydrogens (tertiary/aromatic N) is 2. The molecule has 0 radical (unpaired) electrons. The minimum absolute atomic E-state index is 0.0427. The number of esters is 1. The molecule has 1 aromatic carbocycles. The zero-order chi connectivity index (χ0) is 16.5. The molecule has 0 atom stereocenters. The van der Waals surface area contributed by atoms with Crippen molar-refractivity contribution in [3.05, 3.63) is 28.8 Å². The minimum atomic E-state index is -0.553. The summed E-state index contributed by atoms with van der Waals surface area (Å²) in [6, 6.07) is 6.87. The summed E-state index contributed by atoms with van der Waals surface area (Å²) in [4.78, 5) is 24.8. The van der Waals surface area contributed by atoms with Gasteiger partial charge in [-0.25, -0.2) is 0 Å². The SMILES string of the molecule is COc1ccc(Cl)cc1CC(=O)OCC(=O)N(C)CCC#N. The van der Waals surface area contributed by atoms with Crippen LogP contribution in [0.5, 0.6) is 5.75 Å². The Hall–Kier alpha value is -2.26. The van der Waals surface area contributed by atoms with Crippen LogP contribution < -0.4 is 4.74 Å². The highest BCUT2D eigenvalue weighted by Gasteiger charge is 2.14. The van der Waals surface area contributed by atoms with Crippen molar-refractivity contribution in [3.8, 4) is 11.8 Å². The van der Waals surface area contributed by atoms with E-state index in [1.807, 2.05) is 6.07 Å². The molecule has 0 aliphatic heterocycles. The fraction of sp³-hybridized carbons (Fsp3) is 0.400. The number of rotatable bonds is 7. The monoisotopic (exact) mass is 324 g/mol. The van der Waals surface area contributed by atoms with Crippen LogP contribution in [0.25, 0.3) is 0 Å². The van der Waals surface area contributed by atoms with E-state index in [1.165, 1.54) is 12.0 Å². The largest absolute Gasteiger partial charge is 0.496 e. The smallest absolute Gasteiger partial charge is 0.310 e. The number of carbonyl (C=O) groups excluding carboxylic acids is 2. The molecule has 0 aliphatic carbocycles. The van der Waals surface area contributed by atoms with E-state index in [9.17, 15) is 9.59 Å². The standard InChI is InChI=1S/C15H17ClN2O4/c1-18(7-3-6-17)14(19)10-22-15(20)9-11-8-12(16)4-5-13(11)21-2/h4-5,8H,3,7,9-10H2,1-2H3. The number of likely N-dealkylation sites (N-methyl/N-ethyl adjacent to an activating group) is 1. The Bertz CT molecular complexity index is 583. The van der Waals surface area contributed by atoms with Crippen molar-refractivity contribution in [2.75, 3.05) is 27.3 Å². The van der Waals surface area contributed by atoms with E-state index in [-0.39, 0.29) is 25.4 Å². The molecule has 0 aliphatic rings. The number of methoxy groups -OCH3 is 1. The fourth-order valence-electron chi connectivity index (χ4n) is 1.69. The number of ether oxygens (including phenoxy) is 2. The lowest BCUT2D eigenvalue weighted by Crippen LogP contribution is -2.32. The third-order valence-corrected chi connectivity index (χ3v) is 3.15. The van der Waals surface area contributed by atoms with Gasteiger partial charge < -0.3 is 14.4 Å². The number of carbonyl (C=O) groups is 2. The molecule has 6 nitrogen and oxygen atoms in total. The van der Waals surface area contributed by atoms with Gasteiger partial charge in [-0.2, -0.15) is 5.26 Å². The van der Waals surface area contributed by atoms with Gasteiger partial charge in [-0.05, 0) is 18.2 Å². The van der Waals surface area contributed by atoms with Gasteiger partial charge in [0.05, 0.1) is 26.0 Å². The molecular formula is C15H17ClN2O4. The van der Waals surface area contributed by atoms with Gasteiger partial charge in [0.1, 0.15) is 5.75 Å². The average molecular weight is 325 g/mol. The normalized spacial score (nSPS) is 9.73. The van der Waals surface area contributed by atoms with E-state index in [4.69, 9.17) is 26.3 Å². The molecule has 0 saturated carbocycles. The van der Waals surface area contributed by atoms with Crippen molar-refractivity contribution in [3.63, 3.8) is 0 Å². The van der Waals surface area contributed by atoms with Crippen LogP contribution in [-0.4, -0.2) is 44.1 Å². The van der Waals surface area contributed by atoms with E-state index < -0.39 is 5.97 Å². The summed E-state index contributed by atoms with van der Waals surface area (Å²) in [5, 5.41) is 8.94. The van der Waals surface area contributed by atoms with Gasteiger partial charge in [-0.3, -0.25) is 9.59 Å². The zero-order valence-electron chi connectivity index (χ0n) is 12.5. The first-order valence-electron chi connectivity index (χ1n) is 6.57. The Labute approximate surface area is 134 Å². The second-order valence-electron chi connectivity index (χ2n) is 4.52. The number of benzene rings is 1. The fourth-order valence-corrected chi connectivity index (χ4v) is 1.88. The van der Waals surface area contributed by atoms with E-state index in [1.54, 1.807) is 25.2 Å². The molecule has 0 heterocycles. The molecule has 0 spiro atoms. The van der Waals surface area contributed by atoms with Crippen molar-refractivity contribution < 1.29 is 19.1 Å². The van der Waals surface area contributed by atoms with Crippen LogP contribution in [0.15, 0.2) is 18.2 Å². The van der Waals surface area contributed by atoms with Crippen molar-refractivity contribution in [1.29, 1.82) is 5.26 Å². The first kappa shape index (κ1) is 17.8. The van der Waals surface area contributed by atoms with Crippen molar-refractivity contribution in [2.45, 2.75) is 12.8 Å². The van der Waals surface area contributed by atoms with Gasteiger partial charge in [-0.1, -0.05) is 11.6 Å². The van der Waals surface area contributed by atoms with Gasteiger partial charge in [0.2, 0.25) is 0 Å². The maximum atomic E-state index is 11.8. The van der Waals surface area contributed by atoms with Gasteiger partial charge in [0.25, 0.3) is 5.91 Å². The van der Waals surface area contributed by atoms with Crippen LogP contribution in [0, 0.1) is 11.3 Å². The molecule has 1 aromatic rings. The molecule has 22 heavy (non-hydrogen) atoms. The van der Waals surface area contributed by atoms with Gasteiger partial charge in [0.15, 0.2) is 6.61 Å². The Balaban J connectivity index is 2.52. The van der Waals surface area contributed by atoms with E-state index >= 15 is 0 Å². The van der Waals surface area contributed by atoms with Crippen molar-refractivity contribution in [1.82, 2.24) is 4.90 Å². The Morgan fingerprint density at radius 3 is 2.77 bits per heavy atom. The molecule has 118 valence electrons. The molecule has 0 fully saturated rings. The molecule has 7 heteroatoms. The summed E-state index contributed by atoms with van der Waals surface area (Å²) in [7, 11) is 3.04. The number of amides is 1. The summed E-state index contributed by atoms with van der Waals surface area (Å²) in [6.07, 6.45) is 0.189. The van der Waals surface area contributed by atoms with Crippen molar-refractivity contribution >= 4 is 23.5 Å². The van der Waals surface area contributed by atoms with Gasteiger partial charge in [-0.15, -0.1) is 0 Å². The predicted octanol–water partition coefficient (Wildman–Crippen LogP) is 1.81. The molecular weight excluding hydrogens is 308 g/mol. The topological polar surface area (TPSA) is 79.6 Å². The highest BCUT2D eigenvalue weighted by Crippen LogP contribution is 2.23.